The third-order valence-corrected chi connectivity index (χ3v) is 7.26. The van der Waals surface area contributed by atoms with Crippen molar-refractivity contribution in [3.8, 4) is 0 Å². The van der Waals surface area contributed by atoms with Gasteiger partial charge in [0.1, 0.15) is 0 Å². The van der Waals surface area contributed by atoms with Crippen LogP contribution < -0.4 is 5.32 Å². The van der Waals surface area contributed by atoms with Crippen LogP contribution in [0.5, 0.6) is 0 Å². The van der Waals surface area contributed by atoms with Crippen molar-refractivity contribution in [3.05, 3.63) is 42.0 Å². The lowest BCUT2D eigenvalue weighted by atomic mass is 10.0. The molecule has 1 atom stereocenters. The molecule has 3 rings (SSSR count). The zero-order chi connectivity index (χ0) is 20.9. The second-order valence-corrected chi connectivity index (χ2v) is 9.39. The van der Waals surface area contributed by atoms with Gasteiger partial charge in [0.05, 0.1) is 11.4 Å². The molecule has 1 saturated heterocycles. The highest BCUT2D eigenvalue weighted by atomic mass is 32.2. The van der Waals surface area contributed by atoms with Gasteiger partial charge in [-0.1, -0.05) is 31.2 Å². The van der Waals surface area contributed by atoms with Crippen molar-refractivity contribution < 1.29 is 13.2 Å². The van der Waals surface area contributed by atoms with Crippen LogP contribution in [0.25, 0.3) is 0 Å². The van der Waals surface area contributed by atoms with Crippen molar-refractivity contribution in [2.24, 2.45) is 0 Å². The Balaban J connectivity index is 1.61. The largest absolute Gasteiger partial charge is 0.356 e. The van der Waals surface area contributed by atoms with Gasteiger partial charge in [-0.2, -0.15) is 0 Å². The molecule has 1 fully saturated rings. The molecule has 0 aromatic heterocycles. The lowest BCUT2D eigenvalue weighted by Crippen LogP contribution is -2.42. The number of amides is 1. The maximum Gasteiger partial charge on any atom is 0.266 e. The third kappa shape index (κ3) is 4.98. The average molecular weight is 419 g/mol. The van der Waals surface area contributed by atoms with Gasteiger partial charge in [0.15, 0.2) is 0 Å². The van der Waals surface area contributed by atoms with Crippen LogP contribution in [0.3, 0.4) is 0 Å². The SMILES string of the molecule is CCCC(=O)NCCc1ccc(S(=O)(=O)N2CCN([C@@H]3CC=CCC3)C2=N)cc1. The first-order valence-corrected chi connectivity index (χ1v) is 11.8. The fourth-order valence-corrected chi connectivity index (χ4v) is 5.21. The van der Waals surface area contributed by atoms with E-state index in [-0.39, 0.29) is 22.8 Å². The molecular formula is C21H30N4O3S. The number of hydrogen-bond donors (Lipinski definition) is 2. The van der Waals surface area contributed by atoms with Crippen molar-refractivity contribution in [2.45, 2.75) is 56.4 Å². The summed E-state index contributed by atoms with van der Waals surface area (Å²) in [5.74, 6) is 0.116. The average Bonchev–Trinajstić information content (AvgIpc) is 3.11. The van der Waals surface area contributed by atoms with Crippen LogP contribution in [-0.2, 0) is 21.2 Å². The van der Waals surface area contributed by atoms with E-state index in [0.717, 1.165) is 31.2 Å². The summed E-state index contributed by atoms with van der Waals surface area (Å²) >= 11 is 0. The van der Waals surface area contributed by atoms with Gasteiger partial charge in [0, 0.05) is 25.6 Å². The zero-order valence-electron chi connectivity index (χ0n) is 16.9. The maximum atomic E-state index is 13.0. The first-order chi connectivity index (χ1) is 13.9. The summed E-state index contributed by atoms with van der Waals surface area (Å²) in [4.78, 5) is 13.6. The van der Waals surface area contributed by atoms with Crippen LogP contribution in [0.15, 0.2) is 41.3 Å². The van der Waals surface area contributed by atoms with E-state index in [1.165, 1.54) is 4.31 Å². The monoisotopic (exact) mass is 418 g/mol. The van der Waals surface area contributed by atoms with Crippen LogP contribution in [0, 0.1) is 5.41 Å². The summed E-state index contributed by atoms with van der Waals surface area (Å²) in [7, 11) is -3.74. The summed E-state index contributed by atoms with van der Waals surface area (Å²) in [6.07, 6.45) is 9.03. The number of carbonyl (C=O) groups is 1. The molecule has 0 saturated carbocycles. The van der Waals surface area contributed by atoms with Gasteiger partial charge in [-0.05, 0) is 49.8 Å². The van der Waals surface area contributed by atoms with E-state index in [1.807, 2.05) is 11.8 Å². The lowest BCUT2D eigenvalue weighted by molar-refractivity contribution is -0.121. The fraction of sp³-hybridized carbons (Fsp3) is 0.524. The molecule has 0 bridgehead atoms. The van der Waals surface area contributed by atoms with Gasteiger partial charge in [-0.25, -0.2) is 12.7 Å². The third-order valence-electron chi connectivity index (χ3n) is 5.46. The minimum Gasteiger partial charge on any atom is -0.356 e. The number of benzene rings is 1. The number of guanidine groups is 1. The molecule has 0 unspecified atom stereocenters. The van der Waals surface area contributed by atoms with E-state index in [1.54, 1.807) is 24.3 Å². The first kappa shape index (κ1) is 21.4. The van der Waals surface area contributed by atoms with Crippen LogP contribution >= 0.6 is 0 Å². The number of hydrogen-bond acceptors (Lipinski definition) is 4. The predicted molar refractivity (Wildman–Crippen MR) is 113 cm³/mol. The highest BCUT2D eigenvalue weighted by molar-refractivity contribution is 7.89. The van der Waals surface area contributed by atoms with Crippen molar-refractivity contribution in [2.75, 3.05) is 19.6 Å². The van der Waals surface area contributed by atoms with E-state index < -0.39 is 10.0 Å². The van der Waals surface area contributed by atoms with Crippen LogP contribution in [0.2, 0.25) is 0 Å². The Morgan fingerprint density at radius 2 is 1.97 bits per heavy atom. The molecule has 1 heterocycles. The molecule has 0 radical (unpaired) electrons. The van der Waals surface area contributed by atoms with Gasteiger partial charge in [0.25, 0.3) is 10.0 Å². The van der Waals surface area contributed by atoms with Gasteiger partial charge in [-0.3, -0.25) is 10.2 Å². The highest BCUT2D eigenvalue weighted by Gasteiger charge is 2.37. The van der Waals surface area contributed by atoms with Gasteiger partial charge >= 0.3 is 0 Å². The maximum absolute atomic E-state index is 13.0. The molecule has 1 aromatic carbocycles. The van der Waals surface area contributed by atoms with Crippen molar-refractivity contribution in [3.63, 3.8) is 0 Å². The molecule has 2 N–H and O–H groups in total. The molecule has 29 heavy (non-hydrogen) atoms. The van der Waals surface area contributed by atoms with Gasteiger partial charge < -0.3 is 10.2 Å². The van der Waals surface area contributed by atoms with E-state index in [9.17, 15) is 13.2 Å². The Bertz CT molecular complexity index is 864. The number of rotatable bonds is 8. The molecule has 1 aliphatic heterocycles. The van der Waals surface area contributed by atoms with Crippen molar-refractivity contribution in [1.29, 1.82) is 5.41 Å². The molecule has 1 amide bonds. The normalized spacial score (nSPS) is 19.6. The number of sulfonamides is 1. The summed E-state index contributed by atoms with van der Waals surface area (Å²) < 4.78 is 27.3. The predicted octanol–water partition coefficient (Wildman–Crippen LogP) is 2.50. The molecule has 1 aromatic rings. The fourth-order valence-electron chi connectivity index (χ4n) is 3.82. The molecule has 7 nitrogen and oxygen atoms in total. The topological polar surface area (TPSA) is 93.6 Å². The Hall–Kier alpha value is -2.35. The quantitative estimate of drug-likeness (QED) is 0.634. The zero-order valence-corrected chi connectivity index (χ0v) is 17.7. The number of carbonyl (C=O) groups excluding carboxylic acids is 1. The van der Waals surface area contributed by atoms with E-state index >= 15 is 0 Å². The summed E-state index contributed by atoms with van der Waals surface area (Å²) in [6, 6.07) is 6.96. The molecule has 158 valence electrons. The minimum absolute atomic E-state index is 0.0391. The Kier molecular flexibility index (Phi) is 6.95. The van der Waals surface area contributed by atoms with Crippen molar-refractivity contribution >= 4 is 21.9 Å². The standard InChI is InChI=1S/C21H30N4O3S/c1-2-6-20(26)23-14-13-17-9-11-19(12-10-17)29(27,28)25-16-15-24(21(25)22)18-7-4-3-5-8-18/h3-4,9-12,18,22H,2,5-8,13-16H2,1H3,(H,23,26)/t18-/m1/s1. The van der Waals surface area contributed by atoms with Crippen LogP contribution in [0.4, 0.5) is 0 Å². The Labute approximate surface area is 173 Å². The van der Waals surface area contributed by atoms with E-state index in [0.29, 0.717) is 32.5 Å². The second kappa shape index (κ2) is 9.43. The van der Waals surface area contributed by atoms with Crippen molar-refractivity contribution in [1.82, 2.24) is 14.5 Å². The summed E-state index contributed by atoms with van der Waals surface area (Å²) in [5, 5.41) is 11.3. The Morgan fingerprint density at radius 1 is 1.21 bits per heavy atom. The molecular weight excluding hydrogens is 388 g/mol. The van der Waals surface area contributed by atoms with Crippen LogP contribution in [-0.4, -0.2) is 55.2 Å². The minimum atomic E-state index is -3.74. The molecule has 2 aliphatic rings. The number of nitrogens with one attached hydrogen (secondary N) is 2. The molecule has 0 spiro atoms. The molecule has 1 aliphatic carbocycles. The second-order valence-electron chi connectivity index (χ2n) is 7.53. The van der Waals surface area contributed by atoms with Crippen LogP contribution in [0.1, 0.15) is 44.6 Å². The molecule has 8 heteroatoms. The first-order valence-electron chi connectivity index (χ1n) is 10.3. The Morgan fingerprint density at radius 3 is 2.62 bits per heavy atom. The highest BCUT2D eigenvalue weighted by Crippen LogP contribution is 2.26. The summed E-state index contributed by atoms with van der Waals surface area (Å²) in [6.45, 7) is 3.37. The number of nitrogens with zero attached hydrogens (tertiary/aromatic N) is 2. The van der Waals surface area contributed by atoms with Gasteiger partial charge in [0.2, 0.25) is 11.9 Å². The smallest absolute Gasteiger partial charge is 0.266 e. The summed E-state index contributed by atoms with van der Waals surface area (Å²) in [5.41, 5.74) is 0.966. The number of allylic oxidation sites excluding steroid dienone is 1. The van der Waals surface area contributed by atoms with Gasteiger partial charge in [-0.15, -0.1) is 0 Å². The van der Waals surface area contributed by atoms with E-state index in [4.69, 9.17) is 5.41 Å². The van der Waals surface area contributed by atoms with E-state index in [2.05, 4.69) is 17.5 Å². The lowest BCUT2D eigenvalue weighted by Gasteiger charge is -2.30.